The Bertz CT molecular complexity index is 1070. The number of amides is 1. The molecule has 32 heavy (non-hydrogen) atoms. The van der Waals surface area contributed by atoms with Gasteiger partial charge in [-0.3, -0.25) is 9.69 Å². The van der Waals surface area contributed by atoms with Gasteiger partial charge in [-0.2, -0.15) is 16.1 Å². The lowest BCUT2D eigenvalue weighted by molar-refractivity contribution is 0.0730. The van der Waals surface area contributed by atoms with Crippen molar-refractivity contribution in [1.29, 1.82) is 0 Å². The average Bonchev–Trinajstić information content (AvgIpc) is 2.80. The largest absolute Gasteiger partial charge is 0.379 e. The van der Waals surface area contributed by atoms with Crippen LogP contribution in [0.2, 0.25) is 0 Å². The maximum atomic E-state index is 14.4. The van der Waals surface area contributed by atoms with Gasteiger partial charge < -0.3 is 10.1 Å². The molecule has 2 saturated heterocycles. The summed E-state index contributed by atoms with van der Waals surface area (Å²) in [6.45, 7) is 3.90. The Kier molecular flexibility index (Phi) is 7.47. The highest BCUT2D eigenvalue weighted by Crippen LogP contribution is 2.22. The summed E-state index contributed by atoms with van der Waals surface area (Å²) in [7, 11) is -3.83. The molecule has 0 saturated carbocycles. The Morgan fingerprint density at radius 3 is 2.56 bits per heavy atom. The van der Waals surface area contributed by atoms with Gasteiger partial charge in [-0.15, -0.1) is 0 Å². The molecule has 0 atom stereocenters. The predicted molar refractivity (Wildman–Crippen MR) is 123 cm³/mol. The summed E-state index contributed by atoms with van der Waals surface area (Å²) in [5, 5.41) is 2.70. The van der Waals surface area contributed by atoms with Crippen LogP contribution in [0, 0.1) is 5.82 Å². The van der Waals surface area contributed by atoms with Crippen molar-refractivity contribution in [2.24, 2.45) is 0 Å². The molecule has 0 aromatic heterocycles. The van der Waals surface area contributed by atoms with Gasteiger partial charge in [0.2, 0.25) is 10.0 Å². The normalized spacial score (nSPS) is 18.4. The van der Waals surface area contributed by atoms with Gasteiger partial charge in [-0.1, -0.05) is 12.1 Å². The molecule has 2 aromatic carbocycles. The molecule has 2 aliphatic rings. The van der Waals surface area contributed by atoms with Crippen LogP contribution >= 0.6 is 11.8 Å². The number of ether oxygens (including phenoxy) is 1. The highest BCUT2D eigenvalue weighted by Gasteiger charge is 2.28. The van der Waals surface area contributed by atoms with Crippen LogP contribution in [-0.4, -0.2) is 74.4 Å². The molecule has 0 aliphatic carbocycles. The smallest absolute Gasteiger partial charge is 0.258 e. The fourth-order valence-corrected chi connectivity index (χ4v) is 6.15. The molecule has 0 unspecified atom stereocenters. The second-order valence-corrected chi connectivity index (χ2v) is 10.9. The number of thioether (sulfide) groups is 1. The monoisotopic (exact) mass is 479 g/mol. The van der Waals surface area contributed by atoms with Crippen molar-refractivity contribution in [2.45, 2.75) is 11.4 Å². The number of nitrogens with one attached hydrogen (secondary N) is 1. The van der Waals surface area contributed by atoms with Gasteiger partial charge in [0.05, 0.1) is 23.7 Å². The molecule has 1 amide bonds. The summed E-state index contributed by atoms with van der Waals surface area (Å²) in [6.07, 6.45) is 0. The van der Waals surface area contributed by atoms with Crippen molar-refractivity contribution >= 4 is 33.4 Å². The zero-order chi connectivity index (χ0) is 22.6. The summed E-state index contributed by atoms with van der Waals surface area (Å²) in [5.41, 5.74) is 1.29. The van der Waals surface area contributed by atoms with E-state index in [0.717, 1.165) is 48.8 Å². The van der Waals surface area contributed by atoms with Crippen molar-refractivity contribution in [1.82, 2.24) is 9.21 Å². The Hall–Kier alpha value is -1.98. The summed E-state index contributed by atoms with van der Waals surface area (Å²) in [4.78, 5) is 15.0. The van der Waals surface area contributed by atoms with E-state index < -0.39 is 21.7 Å². The lowest BCUT2D eigenvalue weighted by Crippen LogP contribution is -2.40. The molecular weight excluding hydrogens is 453 g/mol. The van der Waals surface area contributed by atoms with Crippen LogP contribution in [0.3, 0.4) is 0 Å². The van der Waals surface area contributed by atoms with E-state index >= 15 is 0 Å². The SMILES string of the molecule is O=C(Nc1cccc(CN2CCSCC2)c1)c1cc(S(=O)(=O)N2CCOCC2)ccc1F. The standard InChI is InChI=1S/C22H26FN3O4S2/c23-21-5-4-19(32(28,29)26-6-10-30-11-7-26)15-20(21)22(27)24-18-3-1-2-17(14-18)16-25-8-12-31-13-9-25/h1-5,14-15H,6-13,16H2,(H,24,27). The predicted octanol–water partition coefficient (Wildman–Crippen LogP) is 2.65. The van der Waals surface area contributed by atoms with Crippen molar-refractivity contribution in [3.8, 4) is 0 Å². The number of rotatable bonds is 6. The van der Waals surface area contributed by atoms with Crippen LogP contribution in [0.25, 0.3) is 0 Å². The van der Waals surface area contributed by atoms with Crippen LogP contribution in [0.15, 0.2) is 47.4 Å². The number of carbonyl (C=O) groups excluding carboxylic acids is 1. The quantitative estimate of drug-likeness (QED) is 0.686. The second kappa shape index (κ2) is 10.3. The van der Waals surface area contributed by atoms with Gasteiger partial charge in [0.1, 0.15) is 5.82 Å². The number of anilines is 1. The van der Waals surface area contributed by atoms with E-state index in [2.05, 4.69) is 10.2 Å². The highest BCUT2D eigenvalue weighted by molar-refractivity contribution is 7.99. The lowest BCUT2D eigenvalue weighted by atomic mass is 10.1. The molecule has 4 rings (SSSR count). The van der Waals surface area contributed by atoms with Gasteiger partial charge in [-0.25, -0.2) is 12.8 Å². The van der Waals surface area contributed by atoms with Gasteiger partial charge >= 0.3 is 0 Å². The highest BCUT2D eigenvalue weighted by atomic mass is 32.2. The third-order valence-corrected chi connectivity index (χ3v) is 8.32. The molecular formula is C22H26FN3O4S2. The zero-order valence-electron chi connectivity index (χ0n) is 17.6. The number of hydrogen-bond donors (Lipinski definition) is 1. The molecule has 0 spiro atoms. The summed E-state index contributed by atoms with van der Waals surface area (Å²) < 4.78 is 46.7. The Labute approximate surface area is 192 Å². The minimum atomic E-state index is -3.83. The lowest BCUT2D eigenvalue weighted by Gasteiger charge is -2.26. The van der Waals surface area contributed by atoms with E-state index in [4.69, 9.17) is 4.74 Å². The van der Waals surface area contributed by atoms with E-state index in [1.165, 1.54) is 10.4 Å². The van der Waals surface area contributed by atoms with E-state index in [0.29, 0.717) is 18.9 Å². The summed E-state index contributed by atoms with van der Waals surface area (Å²) >= 11 is 1.95. The molecule has 172 valence electrons. The van der Waals surface area contributed by atoms with Crippen LogP contribution in [0.1, 0.15) is 15.9 Å². The second-order valence-electron chi connectivity index (χ2n) is 7.70. The first-order chi connectivity index (χ1) is 15.4. The van der Waals surface area contributed by atoms with Crippen LogP contribution in [0.4, 0.5) is 10.1 Å². The number of carbonyl (C=O) groups is 1. The molecule has 2 fully saturated rings. The van der Waals surface area contributed by atoms with Crippen molar-refractivity contribution in [3.05, 3.63) is 59.4 Å². The Balaban J connectivity index is 1.50. The third-order valence-electron chi connectivity index (χ3n) is 5.49. The number of sulfonamides is 1. The fraction of sp³-hybridized carbons (Fsp3) is 0.409. The molecule has 0 bridgehead atoms. The van der Waals surface area contributed by atoms with Crippen LogP contribution in [-0.2, 0) is 21.3 Å². The van der Waals surface area contributed by atoms with Crippen LogP contribution in [0.5, 0.6) is 0 Å². The topological polar surface area (TPSA) is 79.0 Å². The number of halogens is 1. The fourth-order valence-electron chi connectivity index (χ4n) is 3.74. The molecule has 1 N–H and O–H groups in total. The molecule has 7 nitrogen and oxygen atoms in total. The van der Waals surface area contributed by atoms with Crippen molar-refractivity contribution in [3.63, 3.8) is 0 Å². The van der Waals surface area contributed by atoms with E-state index in [1.807, 2.05) is 30.0 Å². The van der Waals surface area contributed by atoms with Crippen molar-refractivity contribution < 1.29 is 22.3 Å². The molecule has 10 heteroatoms. The maximum Gasteiger partial charge on any atom is 0.258 e. The number of benzene rings is 2. The van der Waals surface area contributed by atoms with Gasteiger partial charge in [0.15, 0.2) is 0 Å². The van der Waals surface area contributed by atoms with Crippen molar-refractivity contribution in [2.75, 3.05) is 56.2 Å². The minimum absolute atomic E-state index is 0.109. The first-order valence-corrected chi connectivity index (χ1v) is 13.1. The van der Waals surface area contributed by atoms with Gasteiger partial charge in [0.25, 0.3) is 5.91 Å². The van der Waals surface area contributed by atoms with Gasteiger partial charge in [-0.05, 0) is 35.9 Å². The third kappa shape index (κ3) is 5.49. The van der Waals surface area contributed by atoms with Gasteiger partial charge in [0, 0.05) is 49.9 Å². The average molecular weight is 480 g/mol. The van der Waals surface area contributed by atoms with E-state index in [-0.39, 0.29) is 23.5 Å². The summed E-state index contributed by atoms with van der Waals surface area (Å²) in [5.74, 6) is 0.761. The number of nitrogens with zero attached hydrogens (tertiary/aromatic N) is 2. The Morgan fingerprint density at radius 2 is 1.81 bits per heavy atom. The first kappa shape index (κ1) is 23.2. The molecule has 2 heterocycles. The number of morpholine rings is 1. The molecule has 0 radical (unpaired) electrons. The maximum absolute atomic E-state index is 14.4. The van der Waals surface area contributed by atoms with Crippen LogP contribution < -0.4 is 5.32 Å². The molecule has 2 aliphatic heterocycles. The minimum Gasteiger partial charge on any atom is -0.379 e. The van der Waals surface area contributed by atoms with E-state index in [9.17, 15) is 17.6 Å². The molecule has 2 aromatic rings. The summed E-state index contributed by atoms with van der Waals surface area (Å²) in [6, 6.07) is 10.8. The van der Waals surface area contributed by atoms with E-state index in [1.54, 1.807) is 6.07 Å². The first-order valence-electron chi connectivity index (χ1n) is 10.5. The number of hydrogen-bond acceptors (Lipinski definition) is 6. The Morgan fingerprint density at radius 1 is 1.06 bits per heavy atom. The zero-order valence-corrected chi connectivity index (χ0v) is 19.3.